The molecule has 2 heteroatoms. The number of hydrogen-bond donors (Lipinski definition) is 1. The molecule has 0 saturated heterocycles. The lowest BCUT2D eigenvalue weighted by atomic mass is 9.91. The molecule has 2 rings (SSSR count). The van der Waals surface area contributed by atoms with E-state index in [0.29, 0.717) is 6.04 Å². The first kappa shape index (κ1) is 13.4. The Balaban J connectivity index is 2.01. The molecule has 0 radical (unpaired) electrons. The standard InChI is InChI=1S/C16H25NO/c1-4-7-18-16-6-5-13-9-15(8-12(2)3)17-11-14(13)10-16/h5-6,10,12,15,17H,4,7-9,11H2,1-3H3. The van der Waals surface area contributed by atoms with Gasteiger partial charge in [-0.25, -0.2) is 0 Å². The lowest BCUT2D eigenvalue weighted by Gasteiger charge is -2.27. The minimum atomic E-state index is 0.639. The van der Waals surface area contributed by atoms with Crippen molar-refractivity contribution in [1.29, 1.82) is 0 Å². The van der Waals surface area contributed by atoms with Gasteiger partial charge < -0.3 is 10.1 Å². The minimum Gasteiger partial charge on any atom is -0.494 e. The second-order valence-corrected chi connectivity index (χ2v) is 5.69. The van der Waals surface area contributed by atoms with E-state index in [1.807, 2.05) is 0 Å². The van der Waals surface area contributed by atoms with Crippen LogP contribution >= 0.6 is 0 Å². The molecule has 1 heterocycles. The van der Waals surface area contributed by atoms with Crippen molar-refractivity contribution >= 4 is 0 Å². The Bertz CT molecular complexity index is 387. The molecular formula is C16H25NO. The highest BCUT2D eigenvalue weighted by molar-refractivity contribution is 5.37. The molecule has 18 heavy (non-hydrogen) atoms. The first-order valence-electron chi connectivity index (χ1n) is 7.17. The highest BCUT2D eigenvalue weighted by Crippen LogP contribution is 2.24. The summed E-state index contributed by atoms with van der Waals surface area (Å²) >= 11 is 0. The van der Waals surface area contributed by atoms with Gasteiger partial charge in [0.25, 0.3) is 0 Å². The van der Waals surface area contributed by atoms with Crippen LogP contribution in [0.2, 0.25) is 0 Å². The monoisotopic (exact) mass is 247 g/mol. The number of nitrogens with one attached hydrogen (secondary N) is 1. The summed E-state index contributed by atoms with van der Waals surface area (Å²) in [6, 6.07) is 7.20. The van der Waals surface area contributed by atoms with Gasteiger partial charge in [0, 0.05) is 12.6 Å². The van der Waals surface area contributed by atoms with E-state index >= 15 is 0 Å². The number of benzene rings is 1. The zero-order valence-electron chi connectivity index (χ0n) is 11.8. The van der Waals surface area contributed by atoms with Gasteiger partial charge in [0.2, 0.25) is 0 Å². The second kappa shape index (κ2) is 6.24. The fourth-order valence-electron chi connectivity index (χ4n) is 2.60. The van der Waals surface area contributed by atoms with Gasteiger partial charge in [0.1, 0.15) is 5.75 Å². The van der Waals surface area contributed by atoms with Gasteiger partial charge in [-0.15, -0.1) is 0 Å². The molecule has 0 aromatic heterocycles. The molecule has 0 saturated carbocycles. The Morgan fingerprint density at radius 1 is 1.33 bits per heavy atom. The summed E-state index contributed by atoms with van der Waals surface area (Å²) < 4.78 is 5.68. The highest BCUT2D eigenvalue weighted by atomic mass is 16.5. The third-order valence-electron chi connectivity index (χ3n) is 3.45. The minimum absolute atomic E-state index is 0.639. The molecule has 1 aromatic carbocycles. The van der Waals surface area contributed by atoms with Crippen molar-refractivity contribution < 1.29 is 4.74 Å². The Morgan fingerprint density at radius 2 is 2.17 bits per heavy atom. The number of fused-ring (bicyclic) bond motifs is 1. The number of rotatable bonds is 5. The lowest BCUT2D eigenvalue weighted by Crippen LogP contribution is -2.36. The van der Waals surface area contributed by atoms with E-state index in [4.69, 9.17) is 4.74 Å². The fraction of sp³-hybridized carbons (Fsp3) is 0.625. The molecule has 1 N–H and O–H groups in total. The first-order valence-corrected chi connectivity index (χ1v) is 7.17. The van der Waals surface area contributed by atoms with E-state index in [0.717, 1.165) is 37.7 Å². The Kier molecular flexibility index (Phi) is 4.65. The normalized spacial score (nSPS) is 18.8. The average Bonchev–Trinajstić information content (AvgIpc) is 2.35. The molecule has 0 aliphatic carbocycles. The smallest absolute Gasteiger partial charge is 0.119 e. The predicted octanol–water partition coefficient (Wildman–Crippen LogP) is 3.54. The topological polar surface area (TPSA) is 21.3 Å². The summed E-state index contributed by atoms with van der Waals surface area (Å²) in [6.45, 7) is 8.51. The molecule has 1 aliphatic heterocycles. The third-order valence-corrected chi connectivity index (χ3v) is 3.45. The van der Waals surface area contributed by atoms with Crippen LogP contribution in [-0.2, 0) is 13.0 Å². The molecule has 0 fully saturated rings. The van der Waals surface area contributed by atoms with E-state index in [1.165, 1.54) is 17.5 Å². The van der Waals surface area contributed by atoms with Gasteiger partial charge in [0.15, 0.2) is 0 Å². The van der Waals surface area contributed by atoms with E-state index in [1.54, 1.807) is 0 Å². The molecular weight excluding hydrogens is 222 g/mol. The molecule has 100 valence electrons. The number of ether oxygens (including phenoxy) is 1. The van der Waals surface area contributed by atoms with Crippen molar-refractivity contribution in [2.24, 2.45) is 5.92 Å². The molecule has 1 aromatic rings. The Labute approximate surface area is 111 Å². The van der Waals surface area contributed by atoms with Crippen LogP contribution in [0.3, 0.4) is 0 Å². The van der Waals surface area contributed by atoms with E-state index in [-0.39, 0.29) is 0 Å². The molecule has 1 atom stereocenters. The summed E-state index contributed by atoms with van der Waals surface area (Å²) in [6.07, 6.45) is 3.47. The zero-order valence-corrected chi connectivity index (χ0v) is 11.8. The van der Waals surface area contributed by atoms with Crippen molar-refractivity contribution in [3.8, 4) is 5.75 Å². The summed E-state index contributed by atoms with van der Waals surface area (Å²) in [4.78, 5) is 0. The zero-order chi connectivity index (χ0) is 13.0. The average molecular weight is 247 g/mol. The summed E-state index contributed by atoms with van der Waals surface area (Å²) in [5, 5.41) is 3.63. The van der Waals surface area contributed by atoms with Crippen LogP contribution in [0.25, 0.3) is 0 Å². The first-order chi connectivity index (χ1) is 8.69. The maximum absolute atomic E-state index is 5.68. The van der Waals surface area contributed by atoms with Crippen LogP contribution in [0.1, 0.15) is 44.7 Å². The van der Waals surface area contributed by atoms with E-state index < -0.39 is 0 Å². The largest absolute Gasteiger partial charge is 0.494 e. The van der Waals surface area contributed by atoms with Gasteiger partial charge in [-0.05, 0) is 48.4 Å². The van der Waals surface area contributed by atoms with Crippen LogP contribution in [0.15, 0.2) is 18.2 Å². The van der Waals surface area contributed by atoms with E-state index in [2.05, 4.69) is 44.3 Å². The summed E-state index contributed by atoms with van der Waals surface area (Å²) in [5.74, 6) is 1.77. The second-order valence-electron chi connectivity index (χ2n) is 5.69. The van der Waals surface area contributed by atoms with E-state index in [9.17, 15) is 0 Å². The van der Waals surface area contributed by atoms with Crippen LogP contribution in [0.5, 0.6) is 5.75 Å². The molecule has 0 amide bonds. The van der Waals surface area contributed by atoms with Crippen molar-refractivity contribution in [3.05, 3.63) is 29.3 Å². The Hall–Kier alpha value is -1.02. The van der Waals surface area contributed by atoms with Gasteiger partial charge in [0.05, 0.1) is 6.61 Å². The maximum Gasteiger partial charge on any atom is 0.119 e. The predicted molar refractivity (Wildman–Crippen MR) is 76.0 cm³/mol. The SMILES string of the molecule is CCCOc1ccc2c(c1)CNC(CC(C)C)C2. The van der Waals surface area contributed by atoms with Gasteiger partial charge in [-0.2, -0.15) is 0 Å². The van der Waals surface area contributed by atoms with Crippen LogP contribution in [0, 0.1) is 5.92 Å². The van der Waals surface area contributed by atoms with Crippen molar-refractivity contribution in [2.75, 3.05) is 6.61 Å². The van der Waals surface area contributed by atoms with Crippen molar-refractivity contribution in [3.63, 3.8) is 0 Å². The summed E-state index contributed by atoms with van der Waals surface area (Å²) in [7, 11) is 0. The number of hydrogen-bond acceptors (Lipinski definition) is 2. The van der Waals surface area contributed by atoms with Crippen LogP contribution in [0.4, 0.5) is 0 Å². The quantitative estimate of drug-likeness (QED) is 0.859. The van der Waals surface area contributed by atoms with Gasteiger partial charge in [-0.1, -0.05) is 26.8 Å². The summed E-state index contributed by atoms with van der Waals surface area (Å²) in [5.41, 5.74) is 2.90. The lowest BCUT2D eigenvalue weighted by molar-refractivity contribution is 0.316. The third kappa shape index (κ3) is 3.49. The molecule has 0 spiro atoms. The van der Waals surface area contributed by atoms with Gasteiger partial charge >= 0.3 is 0 Å². The van der Waals surface area contributed by atoms with Crippen molar-refractivity contribution in [2.45, 2.75) is 52.6 Å². The highest BCUT2D eigenvalue weighted by Gasteiger charge is 2.19. The Morgan fingerprint density at radius 3 is 2.89 bits per heavy atom. The molecule has 0 bridgehead atoms. The fourth-order valence-corrected chi connectivity index (χ4v) is 2.60. The van der Waals surface area contributed by atoms with Crippen LogP contribution in [-0.4, -0.2) is 12.6 Å². The maximum atomic E-state index is 5.68. The van der Waals surface area contributed by atoms with Crippen LogP contribution < -0.4 is 10.1 Å². The van der Waals surface area contributed by atoms with Crippen molar-refractivity contribution in [1.82, 2.24) is 5.32 Å². The molecule has 1 unspecified atom stereocenters. The molecule has 1 aliphatic rings. The van der Waals surface area contributed by atoms with Gasteiger partial charge in [-0.3, -0.25) is 0 Å². The molecule has 2 nitrogen and oxygen atoms in total.